The standard InChI is InChI=1S/C27H25F2N7O/c1-16-6-7-18-20(32-16)13-19(28)26(27(18)29)17(2)21-14-31-23-8-9-24(33-36(21)23)34-11-12-35(25(37)15-34)22-5-3-4-10-30-22/h3-10,13-14,16-17,32H,11-12,15H2,1-2H3/t16-,17?/m1/s1. The molecule has 6 rings (SSSR count). The molecular formula is C27H25F2N7O. The number of benzene rings is 1. The zero-order valence-electron chi connectivity index (χ0n) is 20.4. The smallest absolute Gasteiger partial charge is 0.247 e. The number of rotatable bonds is 4. The van der Waals surface area contributed by atoms with Gasteiger partial charge in [-0.15, -0.1) is 5.10 Å². The molecule has 1 aromatic carbocycles. The summed E-state index contributed by atoms with van der Waals surface area (Å²) in [6.45, 7) is 4.82. The van der Waals surface area contributed by atoms with E-state index in [4.69, 9.17) is 5.10 Å². The Bertz CT molecular complexity index is 1540. The third kappa shape index (κ3) is 3.98. The summed E-state index contributed by atoms with van der Waals surface area (Å²) in [5.74, 6) is -0.754. The highest BCUT2D eigenvalue weighted by atomic mass is 19.1. The highest BCUT2D eigenvalue weighted by molar-refractivity contribution is 5.96. The second-order valence-corrected chi connectivity index (χ2v) is 9.36. The molecule has 0 saturated carbocycles. The number of nitrogens with one attached hydrogen (secondary N) is 1. The third-order valence-corrected chi connectivity index (χ3v) is 6.95. The largest absolute Gasteiger partial charge is 0.378 e. The topological polar surface area (TPSA) is 78.7 Å². The van der Waals surface area contributed by atoms with Crippen molar-refractivity contribution in [1.82, 2.24) is 19.6 Å². The number of hydrogen-bond donors (Lipinski definition) is 1. The van der Waals surface area contributed by atoms with Crippen molar-refractivity contribution in [2.45, 2.75) is 25.8 Å². The number of hydrogen-bond acceptors (Lipinski definition) is 6. The lowest BCUT2D eigenvalue weighted by Gasteiger charge is -2.34. The van der Waals surface area contributed by atoms with Gasteiger partial charge in [-0.25, -0.2) is 23.3 Å². The van der Waals surface area contributed by atoms with Crippen LogP contribution in [0.15, 0.2) is 54.9 Å². The summed E-state index contributed by atoms with van der Waals surface area (Å²) >= 11 is 0. The highest BCUT2D eigenvalue weighted by Crippen LogP contribution is 2.36. The Kier molecular flexibility index (Phi) is 5.58. The number of aromatic nitrogens is 4. The van der Waals surface area contributed by atoms with E-state index in [0.29, 0.717) is 47.3 Å². The molecule has 37 heavy (non-hydrogen) atoms. The Hall–Kier alpha value is -4.34. The van der Waals surface area contributed by atoms with Crippen molar-refractivity contribution in [3.8, 4) is 0 Å². The zero-order valence-corrected chi connectivity index (χ0v) is 20.4. The van der Waals surface area contributed by atoms with Gasteiger partial charge in [-0.1, -0.05) is 25.1 Å². The molecule has 0 aliphatic carbocycles. The first-order chi connectivity index (χ1) is 17.9. The maximum atomic E-state index is 15.5. The van der Waals surface area contributed by atoms with Gasteiger partial charge in [0, 0.05) is 48.1 Å². The lowest BCUT2D eigenvalue weighted by Crippen LogP contribution is -2.51. The zero-order chi connectivity index (χ0) is 25.7. The predicted octanol–water partition coefficient (Wildman–Crippen LogP) is 4.23. The molecule has 0 spiro atoms. The molecule has 188 valence electrons. The Morgan fingerprint density at radius 1 is 1.11 bits per heavy atom. The first kappa shape index (κ1) is 23.1. The van der Waals surface area contributed by atoms with Gasteiger partial charge in [0.1, 0.15) is 23.3 Å². The first-order valence-corrected chi connectivity index (χ1v) is 12.2. The van der Waals surface area contributed by atoms with E-state index < -0.39 is 17.6 Å². The van der Waals surface area contributed by atoms with Crippen molar-refractivity contribution < 1.29 is 13.6 Å². The molecule has 10 heteroatoms. The van der Waals surface area contributed by atoms with Crippen LogP contribution in [-0.4, -0.2) is 51.2 Å². The van der Waals surface area contributed by atoms with Gasteiger partial charge in [-0.2, -0.15) is 0 Å². The maximum Gasteiger partial charge on any atom is 0.247 e. The lowest BCUT2D eigenvalue weighted by molar-refractivity contribution is -0.118. The maximum absolute atomic E-state index is 15.5. The van der Waals surface area contributed by atoms with Crippen molar-refractivity contribution in [2.24, 2.45) is 0 Å². The van der Waals surface area contributed by atoms with Gasteiger partial charge in [-0.05, 0) is 37.3 Å². The number of nitrogens with zero attached hydrogens (tertiary/aromatic N) is 6. The van der Waals surface area contributed by atoms with Crippen LogP contribution in [0.1, 0.15) is 36.6 Å². The summed E-state index contributed by atoms with van der Waals surface area (Å²) in [5.41, 5.74) is 1.85. The van der Waals surface area contributed by atoms with Crippen LogP contribution in [0.4, 0.5) is 26.1 Å². The predicted molar refractivity (Wildman–Crippen MR) is 138 cm³/mol. The van der Waals surface area contributed by atoms with Crippen LogP contribution in [0, 0.1) is 11.6 Å². The minimum atomic E-state index is -0.654. The van der Waals surface area contributed by atoms with Crippen LogP contribution < -0.4 is 15.1 Å². The van der Waals surface area contributed by atoms with E-state index in [9.17, 15) is 4.79 Å². The third-order valence-electron chi connectivity index (χ3n) is 6.95. The normalized spacial score (nSPS) is 18.2. The fourth-order valence-electron chi connectivity index (χ4n) is 4.98. The number of imidazole rings is 1. The SMILES string of the molecule is CC(c1c(F)cc2c(c1F)C=C[C@@H](C)N2)c1cnc2ccc(N3CCN(c4ccccn4)C(=O)C3)nn12. The molecule has 2 aliphatic rings. The van der Waals surface area contributed by atoms with Crippen LogP contribution in [0.3, 0.4) is 0 Å². The summed E-state index contributed by atoms with van der Waals surface area (Å²) in [4.78, 5) is 25.1. The summed E-state index contributed by atoms with van der Waals surface area (Å²) < 4.78 is 32.3. The monoisotopic (exact) mass is 501 g/mol. The number of fused-ring (bicyclic) bond motifs is 2. The van der Waals surface area contributed by atoms with E-state index in [1.54, 1.807) is 46.9 Å². The van der Waals surface area contributed by atoms with E-state index in [2.05, 4.69) is 15.3 Å². The molecule has 1 fully saturated rings. The Morgan fingerprint density at radius 3 is 2.76 bits per heavy atom. The fraction of sp³-hybridized carbons (Fsp3) is 0.259. The number of pyridine rings is 1. The quantitative estimate of drug-likeness (QED) is 0.451. The fourth-order valence-corrected chi connectivity index (χ4v) is 4.98. The first-order valence-electron chi connectivity index (χ1n) is 12.2. The van der Waals surface area contributed by atoms with E-state index in [-0.39, 0.29) is 24.1 Å². The number of anilines is 3. The molecule has 1 saturated heterocycles. The summed E-state index contributed by atoms with van der Waals surface area (Å²) in [6.07, 6.45) is 6.78. The van der Waals surface area contributed by atoms with Gasteiger partial charge in [0.2, 0.25) is 5.91 Å². The van der Waals surface area contributed by atoms with Gasteiger partial charge in [-0.3, -0.25) is 9.69 Å². The van der Waals surface area contributed by atoms with Crippen LogP contribution in [-0.2, 0) is 4.79 Å². The number of halogens is 2. The van der Waals surface area contributed by atoms with Gasteiger partial charge >= 0.3 is 0 Å². The average molecular weight is 502 g/mol. The van der Waals surface area contributed by atoms with Gasteiger partial charge in [0.05, 0.1) is 18.4 Å². The van der Waals surface area contributed by atoms with Gasteiger partial charge in [0.25, 0.3) is 0 Å². The molecule has 2 atom stereocenters. The molecule has 0 bridgehead atoms. The number of amides is 1. The molecule has 5 heterocycles. The van der Waals surface area contributed by atoms with Crippen molar-refractivity contribution >= 4 is 35.0 Å². The van der Waals surface area contributed by atoms with Crippen molar-refractivity contribution in [2.75, 3.05) is 34.8 Å². The number of piperazine rings is 1. The molecule has 1 amide bonds. The molecule has 4 aromatic rings. The van der Waals surface area contributed by atoms with Crippen LogP contribution >= 0.6 is 0 Å². The molecule has 1 unspecified atom stereocenters. The van der Waals surface area contributed by atoms with E-state index >= 15 is 8.78 Å². The molecule has 1 N–H and O–H groups in total. The Labute approximate surface area is 212 Å². The van der Waals surface area contributed by atoms with E-state index in [1.807, 2.05) is 36.1 Å². The molecule has 0 radical (unpaired) electrons. The summed E-state index contributed by atoms with van der Waals surface area (Å²) in [6, 6.07) is 10.4. The van der Waals surface area contributed by atoms with Crippen LogP contribution in [0.5, 0.6) is 0 Å². The minimum Gasteiger partial charge on any atom is -0.378 e. The molecule has 2 aliphatic heterocycles. The second-order valence-electron chi connectivity index (χ2n) is 9.36. The van der Waals surface area contributed by atoms with Crippen LogP contribution in [0.2, 0.25) is 0 Å². The van der Waals surface area contributed by atoms with Crippen molar-refractivity contribution in [3.63, 3.8) is 0 Å². The Morgan fingerprint density at radius 2 is 1.97 bits per heavy atom. The lowest BCUT2D eigenvalue weighted by atomic mass is 9.92. The Balaban J connectivity index is 1.31. The second kappa shape index (κ2) is 8.95. The molecule has 3 aromatic heterocycles. The van der Waals surface area contributed by atoms with E-state index in [1.165, 1.54) is 6.07 Å². The van der Waals surface area contributed by atoms with Gasteiger partial charge < -0.3 is 10.2 Å². The molecule has 8 nitrogen and oxygen atoms in total. The summed E-state index contributed by atoms with van der Waals surface area (Å²) in [7, 11) is 0. The number of carbonyl (C=O) groups is 1. The average Bonchev–Trinajstić information content (AvgIpc) is 3.32. The van der Waals surface area contributed by atoms with Crippen molar-refractivity contribution in [3.05, 3.63) is 83.3 Å². The van der Waals surface area contributed by atoms with Gasteiger partial charge in [0.15, 0.2) is 5.65 Å². The molecular weight excluding hydrogens is 476 g/mol. The van der Waals surface area contributed by atoms with Crippen LogP contribution in [0.25, 0.3) is 11.7 Å². The summed E-state index contributed by atoms with van der Waals surface area (Å²) in [5, 5.41) is 7.81. The highest BCUT2D eigenvalue weighted by Gasteiger charge is 2.29. The number of carbonyl (C=O) groups excluding carboxylic acids is 1. The van der Waals surface area contributed by atoms with E-state index in [0.717, 1.165) is 0 Å². The minimum absolute atomic E-state index is 0.00586. The van der Waals surface area contributed by atoms with Crippen molar-refractivity contribution in [1.29, 1.82) is 0 Å².